The molecule has 1 fully saturated rings. The second-order valence-electron chi connectivity index (χ2n) is 4.62. The van der Waals surface area contributed by atoms with Crippen molar-refractivity contribution < 1.29 is 9.90 Å². The van der Waals surface area contributed by atoms with Crippen LogP contribution in [0.1, 0.15) is 15.9 Å². The normalized spacial score (nSPS) is 23.1. The van der Waals surface area contributed by atoms with Crippen molar-refractivity contribution in [1.82, 2.24) is 10.2 Å². The zero-order valence-corrected chi connectivity index (χ0v) is 11.2. The van der Waals surface area contributed by atoms with Gasteiger partial charge in [0, 0.05) is 30.7 Å². The summed E-state index contributed by atoms with van der Waals surface area (Å²) in [5.41, 5.74) is 1.36. The van der Waals surface area contributed by atoms with Gasteiger partial charge in [0.1, 0.15) is 0 Å². The van der Waals surface area contributed by atoms with Gasteiger partial charge in [0.25, 0.3) is 5.91 Å². The Labute approximate surface area is 112 Å². The van der Waals surface area contributed by atoms with E-state index < -0.39 is 6.10 Å². The zero-order chi connectivity index (χ0) is 13.3. The van der Waals surface area contributed by atoms with Gasteiger partial charge in [0.15, 0.2) is 0 Å². The summed E-state index contributed by atoms with van der Waals surface area (Å²) in [6, 6.07) is 5.10. The molecule has 1 aliphatic rings. The molecule has 1 heterocycles. The van der Waals surface area contributed by atoms with Crippen LogP contribution in [-0.2, 0) is 0 Å². The van der Waals surface area contributed by atoms with Crippen LogP contribution in [0.25, 0.3) is 0 Å². The smallest absolute Gasteiger partial charge is 0.254 e. The van der Waals surface area contributed by atoms with Gasteiger partial charge in [-0.25, -0.2) is 0 Å². The molecule has 2 N–H and O–H groups in total. The quantitative estimate of drug-likeness (QED) is 0.843. The maximum atomic E-state index is 12.4. The third kappa shape index (κ3) is 2.36. The number of carbonyl (C=O) groups excluding carboxylic acids is 1. The van der Waals surface area contributed by atoms with Gasteiger partial charge in [-0.15, -0.1) is 0 Å². The van der Waals surface area contributed by atoms with Crippen molar-refractivity contribution in [2.75, 3.05) is 20.1 Å². The minimum Gasteiger partial charge on any atom is -0.390 e. The molecule has 1 aliphatic heterocycles. The Morgan fingerprint density at radius 2 is 2.22 bits per heavy atom. The van der Waals surface area contributed by atoms with E-state index in [0.717, 1.165) is 5.56 Å². The molecule has 98 valence electrons. The molecule has 18 heavy (non-hydrogen) atoms. The van der Waals surface area contributed by atoms with Gasteiger partial charge >= 0.3 is 0 Å². The summed E-state index contributed by atoms with van der Waals surface area (Å²) in [6.45, 7) is 2.96. The van der Waals surface area contributed by atoms with Crippen LogP contribution >= 0.6 is 11.6 Å². The summed E-state index contributed by atoms with van der Waals surface area (Å²) in [5, 5.41) is 13.4. The Morgan fingerprint density at radius 1 is 1.50 bits per heavy atom. The van der Waals surface area contributed by atoms with Crippen LogP contribution in [0.4, 0.5) is 0 Å². The summed E-state index contributed by atoms with van der Waals surface area (Å²) < 4.78 is 0. The average molecular weight is 269 g/mol. The molecule has 0 spiro atoms. The number of hydrogen-bond acceptors (Lipinski definition) is 3. The Bertz CT molecular complexity index is 464. The van der Waals surface area contributed by atoms with Crippen LogP contribution in [0, 0.1) is 6.92 Å². The van der Waals surface area contributed by atoms with Gasteiger partial charge in [-0.05, 0) is 24.6 Å². The summed E-state index contributed by atoms with van der Waals surface area (Å²) >= 11 is 6.02. The highest BCUT2D eigenvalue weighted by atomic mass is 35.5. The second-order valence-corrected chi connectivity index (χ2v) is 5.03. The predicted molar refractivity (Wildman–Crippen MR) is 70.9 cm³/mol. The fraction of sp³-hybridized carbons (Fsp3) is 0.462. The van der Waals surface area contributed by atoms with Crippen LogP contribution < -0.4 is 5.32 Å². The van der Waals surface area contributed by atoms with Crippen molar-refractivity contribution in [2.24, 2.45) is 0 Å². The molecule has 1 saturated heterocycles. The number of hydrogen-bond donors (Lipinski definition) is 2. The molecule has 0 aromatic heterocycles. The average Bonchev–Trinajstić information content (AvgIpc) is 2.77. The lowest BCUT2D eigenvalue weighted by Crippen LogP contribution is -2.44. The van der Waals surface area contributed by atoms with Gasteiger partial charge in [0.05, 0.1) is 12.1 Å². The molecule has 2 atom stereocenters. The van der Waals surface area contributed by atoms with Crippen molar-refractivity contribution in [1.29, 1.82) is 0 Å². The van der Waals surface area contributed by atoms with E-state index in [0.29, 0.717) is 23.7 Å². The molecular formula is C13H17ClN2O2. The maximum absolute atomic E-state index is 12.4. The fourth-order valence-electron chi connectivity index (χ4n) is 2.23. The number of halogens is 1. The van der Waals surface area contributed by atoms with Gasteiger partial charge in [-0.2, -0.15) is 0 Å². The molecule has 1 aromatic carbocycles. The first kappa shape index (κ1) is 13.3. The molecule has 1 amide bonds. The molecular weight excluding hydrogens is 252 g/mol. The van der Waals surface area contributed by atoms with E-state index in [1.54, 1.807) is 30.1 Å². The number of nitrogens with zero attached hydrogens (tertiary/aromatic N) is 1. The van der Waals surface area contributed by atoms with E-state index in [9.17, 15) is 9.90 Å². The van der Waals surface area contributed by atoms with Crippen molar-refractivity contribution in [3.63, 3.8) is 0 Å². The number of rotatable bonds is 2. The summed E-state index contributed by atoms with van der Waals surface area (Å²) in [7, 11) is 1.71. The molecule has 5 heteroatoms. The monoisotopic (exact) mass is 268 g/mol. The van der Waals surface area contributed by atoms with E-state index >= 15 is 0 Å². The summed E-state index contributed by atoms with van der Waals surface area (Å²) in [4.78, 5) is 14.0. The SMILES string of the molecule is Cc1c(Cl)cccc1C(=O)N(C)[C@@H]1CNC[C@H]1O. The number of benzene rings is 1. The van der Waals surface area contributed by atoms with E-state index in [-0.39, 0.29) is 11.9 Å². The van der Waals surface area contributed by atoms with Gasteiger partial charge < -0.3 is 15.3 Å². The number of aliphatic hydroxyl groups excluding tert-OH is 1. The van der Waals surface area contributed by atoms with Crippen LogP contribution in [0.3, 0.4) is 0 Å². The predicted octanol–water partition coefficient (Wildman–Crippen LogP) is 1.05. The van der Waals surface area contributed by atoms with E-state index in [1.807, 2.05) is 6.92 Å². The zero-order valence-electron chi connectivity index (χ0n) is 10.5. The Morgan fingerprint density at radius 3 is 2.83 bits per heavy atom. The standard InChI is InChI=1S/C13H17ClN2O2/c1-8-9(4-3-5-10(8)14)13(18)16(2)11-6-15-7-12(11)17/h3-5,11-12,15,17H,6-7H2,1-2H3/t11-,12-/m1/s1. The molecule has 0 bridgehead atoms. The number of amides is 1. The van der Waals surface area contributed by atoms with Gasteiger partial charge in [0.2, 0.25) is 0 Å². The van der Waals surface area contributed by atoms with E-state index in [2.05, 4.69) is 5.32 Å². The number of aliphatic hydroxyl groups is 1. The van der Waals surface area contributed by atoms with Crippen molar-refractivity contribution in [2.45, 2.75) is 19.1 Å². The lowest BCUT2D eigenvalue weighted by atomic mass is 10.1. The molecule has 1 aromatic rings. The highest BCUT2D eigenvalue weighted by molar-refractivity contribution is 6.31. The molecule has 0 saturated carbocycles. The first-order chi connectivity index (χ1) is 8.52. The van der Waals surface area contributed by atoms with Crippen LogP contribution in [0.5, 0.6) is 0 Å². The number of nitrogens with one attached hydrogen (secondary N) is 1. The minimum atomic E-state index is -0.515. The van der Waals surface area contributed by atoms with Crippen LogP contribution in [0.2, 0.25) is 5.02 Å². The molecule has 4 nitrogen and oxygen atoms in total. The molecule has 0 aliphatic carbocycles. The van der Waals surface area contributed by atoms with Crippen molar-refractivity contribution in [3.05, 3.63) is 34.3 Å². The van der Waals surface area contributed by atoms with Gasteiger partial charge in [-0.3, -0.25) is 4.79 Å². The minimum absolute atomic E-state index is 0.109. The number of carbonyl (C=O) groups is 1. The molecule has 0 radical (unpaired) electrons. The van der Waals surface area contributed by atoms with E-state index in [4.69, 9.17) is 11.6 Å². The Balaban J connectivity index is 2.23. The summed E-state index contributed by atoms with van der Waals surface area (Å²) in [6.07, 6.45) is -0.515. The Kier molecular flexibility index (Phi) is 3.90. The Hall–Kier alpha value is -1.10. The third-order valence-corrected chi connectivity index (χ3v) is 3.88. The number of β-amino-alcohol motifs (C(OH)–C–C–N with tert-alkyl or cyclic N) is 1. The highest BCUT2D eigenvalue weighted by Crippen LogP contribution is 2.21. The molecule has 2 rings (SSSR count). The molecule has 0 unspecified atom stereocenters. The lowest BCUT2D eigenvalue weighted by Gasteiger charge is -2.27. The maximum Gasteiger partial charge on any atom is 0.254 e. The van der Waals surface area contributed by atoms with Gasteiger partial charge in [-0.1, -0.05) is 17.7 Å². The van der Waals surface area contributed by atoms with Crippen LogP contribution in [-0.4, -0.2) is 48.2 Å². The first-order valence-electron chi connectivity index (χ1n) is 5.93. The van der Waals surface area contributed by atoms with Crippen molar-refractivity contribution >= 4 is 17.5 Å². The fourth-order valence-corrected chi connectivity index (χ4v) is 2.40. The number of likely N-dealkylation sites (N-methyl/N-ethyl adjacent to an activating group) is 1. The third-order valence-electron chi connectivity index (χ3n) is 3.47. The second kappa shape index (κ2) is 5.26. The highest BCUT2D eigenvalue weighted by Gasteiger charge is 2.32. The topological polar surface area (TPSA) is 52.6 Å². The lowest BCUT2D eigenvalue weighted by molar-refractivity contribution is 0.0580. The van der Waals surface area contributed by atoms with Crippen molar-refractivity contribution in [3.8, 4) is 0 Å². The summed E-state index contributed by atoms with van der Waals surface area (Å²) in [5.74, 6) is -0.109. The van der Waals surface area contributed by atoms with E-state index in [1.165, 1.54) is 0 Å². The first-order valence-corrected chi connectivity index (χ1v) is 6.31. The largest absolute Gasteiger partial charge is 0.390 e. The van der Waals surface area contributed by atoms with Crippen LogP contribution in [0.15, 0.2) is 18.2 Å².